The van der Waals surface area contributed by atoms with Crippen LogP contribution in [0.5, 0.6) is 11.5 Å². The molecule has 0 aliphatic carbocycles. The standard InChI is InChI=1S/C30H42O10/c1-11-17(6)29(34)39-28-27(38-23(33)14-15(2)3)25(37-21(10)32)19(8)35-30(28)40-26-22(16(4)5)13-12-18(7)24(26)36-20(9)31/h11-13,15-16,19,25,27-28,30H,14H2,1-10H3/b17-11-/t19-,25+,27-,28-,30-/m0/s1. The Morgan fingerprint density at radius 3 is 2.08 bits per heavy atom. The molecule has 0 spiro atoms. The molecule has 0 bridgehead atoms. The van der Waals surface area contributed by atoms with Crippen LogP contribution in [0.3, 0.4) is 0 Å². The van der Waals surface area contributed by atoms with E-state index in [1.807, 2.05) is 39.8 Å². The maximum absolute atomic E-state index is 13.0. The highest BCUT2D eigenvalue weighted by molar-refractivity contribution is 5.87. The summed E-state index contributed by atoms with van der Waals surface area (Å²) < 4.78 is 35.2. The van der Waals surface area contributed by atoms with Crippen molar-refractivity contribution in [3.05, 3.63) is 34.9 Å². The second-order valence-electron chi connectivity index (χ2n) is 10.7. The number of hydrogen-bond donors (Lipinski definition) is 0. The molecule has 1 saturated heterocycles. The van der Waals surface area contributed by atoms with Crippen molar-refractivity contribution in [3.63, 3.8) is 0 Å². The van der Waals surface area contributed by atoms with E-state index in [-0.39, 0.29) is 29.8 Å². The summed E-state index contributed by atoms with van der Waals surface area (Å²) in [6.07, 6.45) is -4.16. The molecule has 10 heteroatoms. The number of allylic oxidation sites excluding steroid dienone is 1. The lowest BCUT2D eigenvalue weighted by Crippen LogP contribution is -2.62. The minimum absolute atomic E-state index is 0.0116. The molecule has 1 fully saturated rings. The van der Waals surface area contributed by atoms with E-state index in [2.05, 4.69) is 0 Å². The van der Waals surface area contributed by atoms with Crippen LogP contribution >= 0.6 is 0 Å². The van der Waals surface area contributed by atoms with Gasteiger partial charge in [0, 0.05) is 31.4 Å². The van der Waals surface area contributed by atoms with Gasteiger partial charge in [0.1, 0.15) is 0 Å². The average Bonchev–Trinajstić information content (AvgIpc) is 2.83. The predicted molar refractivity (Wildman–Crippen MR) is 146 cm³/mol. The van der Waals surface area contributed by atoms with Gasteiger partial charge in [-0.3, -0.25) is 14.4 Å². The molecular weight excluding hydrogens is 520 g/mol. The first-order chi connectivity index (χ1) is 18.7. The summed E-state index contributed by atoms with van der Waals surface area (Å²) in [4.78, 5) is 49.8. The van der Waals surface area contributed by atoms with Crippen molar-refractivity contribution >= 4 is 23.9 Å². The van der Waals surface area contributed by atoms with Crippen molar-refractivity contribution in [2.45, 2.75) is 112 Å². The van der Waals surface area contributed by atoms with Crippen LogP contribution in [-0.4, -0.2) is 54.6 Å². The van der Waals surface area contributed by atoms with Gasteiger partial charge in [-0.25, -0.2) is 4.79 Å². The van der Waals surface area contributed by atoms with E-state index in [9.17, 15) is 19.2 Å². The Balaban J connectivity index is 2.68. The Labute approximate surface area is 236 Å². The van der Waals surface area contributed by atoms with Crippen molar-refractivity contribution in [3.8, 4) is 11.5 Å². The van der Waals surface area contributed by atoms with Crippen LogP contribution in [0.2, 0.25) is 0 Å². The van der Waals surface area contributed by atoms with E-state index in [1.165, 1.54) is 13.8 Å². The van der Waals surface area contributed by atoms with E-state index >= 15 is 0 Å². The number of carbonyl (C=O) groups excluding carboxylic acids is 4. The van der Waals surface area contributed by atoms with Gasteiger partial charge in [0.2, 0.25) is 12.4 Å². The molecule has 1 aliphatic rings. The molecule has 10 nitrogen and oxygen atoms in total. The molecule has 0 unspecified atom stereocenters. The van der Waals surface area contributed by atoms with Gasteiger partial charge in [-0.05, 0) is 45.1 Å². The lowest BCUT2D eigenvalue weighted by molar-refractivity contribution is -0.280. The molecule has 2 rings (SSSR count). The first-order valence-corrected chi connectivity index (χ1v) is 13.5. The van der Waals surface area contributed by atoms with E-state index in [1.54, 1.807) is 33.8 Å². The van der Waals surface area contributed by atoms with Crippen LogP contribution in [0, 0.1) is 12.8 Å². The Kier molecular flexibility index (Phi) is 11.7. The second-order valence-corrected chi connectivity index (χ2v) is 10.7. The number of benzene rings is 1. The van der Waals surface area contributed by atoms with Crippen molar-refractivity contribution in [1.82, 2.24) is 0 Å². The number of esters is 4. The Bertz CT molecular complexity index is 1120. The molecule has 40 heavy (non-hydrogen) atoms. The van der Waals surface area contributed by atoms with Crippen LogP contribution in [0.15, 0.2) is 23.8 Å². The number of aryl methyl sites for hydroxylation is 1. The third-order valence-electron chi connectivity index (χ3n) is 6.31. The monoisotopic (exact) mass is 562 g/mol. The van der Waals surface area contributed by atoms with Crippen molar-refractivity contribution in [2.24, 2.45) is 5.92 Å². The molecule has 1 heterocycles. The maximum atomic E-state index is 13.0. The molecular formula is C30H42O10. The lowest BCUT2D eigenvalue weighted by atomic mass is 9.97. The zero-order chi connectivity index (χ0) is 30.3. The van der Waals surface area contributed by atoms with Crippen LogP contribution in [0.4, 0.5) is 0 Å². The number of carbonyl (C=O) groups is 4. The molecule has 0 amide bonds. The molecule has 0 radical (unpaired) electrons. The molecule has 1 aromatic carbocycles. The fraction of sp³-hybridized carbons (Fsp3) is 0.600. The SMILES string of the molecule is C/C=C(/C)C(=O)O[C@@H]1[C@H](Oc2c(C(C)C)ccc(C)c2OC(C)=O)O[C@@H](C)[C@@H](OC(C)=O)[C@@H]1OC(=O)CC(C)C. The number of hydrogen-bond acceptors (Lipinski definition) is 10. The minimum Gasteiger partial charge on any atom is -0.456 e. The smallest absolute Gasteiger partial charge is 0.334 e. The highest BCUT2D eigenvalue weighted by Crippen LogP contribution is 2.41. The molecule has 0 saturated carbocycles. The van der Waals surface area contributed by atoms with Gasteiger partial charge in [0.05, 0.1) is 6.10 Å². The molecule has 0 aromatic heterocycles. The first kappa shape index (κ1) is 32.8. The average molecular weight is 563 g/mol. The summed E-state index contributed by atoms with van der Waals surface area (Å²) in [7, 11) is 0. The van der Waals surface area contributed by atoms with Gasteiger partial charge in [0.15, 0.2) is 23.7 Å². The van der Waals surface area contributed by atoms with Crippen molar-refractivity contribution in [1.29, 1.82) is 0 Å². The van der Waals surface area contributed by atoms with Crippen LogP contribution in [-0.2, 0) is 38.1 Å². The zero-order valence-corrected chi connectivity index (χ0v) is 25.1. The van der Waals surface area contributed by atoms with E-state index in [4.69, 9.17) is 28.4 Å². The van der Waals surface area contributed by atoms with E-state index in [0.29, 0.717) is 16.7 Å². The van der Waals surface area contributed by atoms with Gasteiger partial charge in [-0.1, -0.05) is 45.9 Å². The molecule has 5 atom stereocenters. The third kappa shape index (κ3) is 8.55. The highest BCUT2D eigenvalue weighted by atomic mass is 16.7. The summed E-state index contributed by atoms with van der Waals surface area (Å²) in [6.45, 7) is 16.8. The quantitative estimate of drug-likeness (QED) is 0.168. The van der Waals surface area contributed by atoms with Gasteiger partial charge in [0.25, 0.3) is 0 Å². The Hall–Kier alpha value is -3.40. The number of rotatable bonds is 10. The van der Waals surface area contributed by atoms with E-state index in [0.717, 1.165) is 0 Å². The first-order valence-electron chi connectivity index (χ1n) is 13.5. The van der Waals surface area contributed by atoms with Crippen molar-refractivity contribution < 1.29 is 47.6 Å². The molecule has 1 aromatic rings. The lowest BCUT2D eigenvalue weighted by Gasteiger charge is -2.43. The fourth-order valence-electron chi connectivity index (χ4n) is 4.19. The molecule has 1 aliphatic heterocycles. The minimum atomic E-state index is -1.34. The summed E-state index contributed by atoms with van der Waals surface area (Å²) in [5.74, 6) is -2.07. The van der Waals surface area contributed by atoms with Crippen LogP contribution in [0.1, 0.15) is 85.8 Å². The highest BCUT2D eigenvalue weighted by Gasteiger charge is 2.52. The van der Waals surface area contributed by atoms with E-state index < -0.39 is 54.6 Å². The number of ether oxygens (including phenoxy) is 6. The molecule has 0 N–H and O–H groups in total. The van der Waals surface area contributed by atoms with Gasteiger partial charge < -0.3 is 28.4 Å². The summed E-state index contributed by atoms with van der Waals surface area (Å²) in [5, 5.41) is 0. The third-order valence-corrected chi connectivity index (χ3v) is 6.31. The van der Waals surface area contributed by atoms with Crippen LogP contribution in [0.25, 0.3) is 0 Å². The van der Waals surface area contributed by atoms with Gasteiger partial charge in [-0.2, -0.15) is 0 Å². The Morgan fingerprint density at radius 2 is 1.55 bits per heavy atom. The van der Waals surface area contributed by atoms with Crippen LogP contribution < -0.4 is 9.47 Å². The largest absolute Gasteiger partial charge is 0.456 e. The zero-order valence-electron chi connectivity index (χ0n) is 25.1. The summed E-state index contributed by atoms with van der Waals surface area (Å²) in [6, 6.07) is 3.66. The fourth-order valence-corrected chi connectivity index (χ4v) is 4.19. The van der Waals surface area contributed by atoms with Gasteiger partial charge in [-0.15, -0.1) is 0 Å². The summed E-state index contributed by atoms with van der Waals surface area (Å²) in [5.41, 5.74) is 1.64. The summed E-state index contributed by atoms with van der Waals surface area (Å²) >= 11 is 0. The van der Waals surface area contributed by atoms with Gasteiger partial charge >= 0.3 is 23.9 Å². The predicted octanol–water partition coefficient (Wildman–Crippen LogP) is 4.93. The maximum Gasteiger partial charge on any atom is 0.334 e. The Morgan fingerprint density at radius 1 is 0.900 bits per heavy atom. The topological polar surface area (TPSA) is 124 Å². The molecule has 222 valence electrons. The second kappa shape index (κ2) is 14.3. The van der Waals surface area contributed by atoms with Crippen molar-refractivity contribution in [2.75, 3.05) is 0 Å². The normalized spacial score (nSPS) is 23.0.